The van der Waals surface area contributed by atoms with Gasteiger partial charge in [0.2, 0.25) is 0 Å². The van der Waals surface area contributed by atoms with Gasteiger partial charge in [0.1, 0.15) is 33.5 Å². The maximum absolute atomic E-state index is 6.11. The number of hydrogen-bond donors (Lipinski definition) is 0. The Balaban J connectivity index is 0.000000105. The van der Waals surface area contributed by atoms with Crippen molar-refractivity contribution in [1.29, 1.82) is 0 Å². The lowest BCUT2D eigenvalue weighted by atomic mass is 9.84. The predicted octanol–water partition coefficient (Wildman–Crippen LogP) is 39.0. The van der Waals surface area contributed by atoms with E-state index in [0.29, 0.717) is 0 Å². The van der Waals surface area contributed by atoms with E-state index in [0.717, 1.165) is 65.8 Å². The van der Waals surface area contributed by atoms with Gasteiger partial charge in [-0.3, -0.25) is 0 Å². The minimum atomic E-state index is 0.919. The summed E-state index contributed by atoms with van der Waals surface area (Å²) in [5.41, 5.74) is 30.3. The topological polar surface area (TPSA) is 39.4 Å². The Kier molecular flexibility index (Phi) is 19.3. The van der Waals surface area contributed by atoms with Crippen LogP contribution in [0.2, 0.25) is 0 Å². The molecule has 29 rings (SSSR count). The van der Waals surface area contributed by atoms with Crippen LogP contribution in [-0.2, 0) is 0 Å². The smallest absolute Gasteiger partial charge is 0.135 e. The van der Waals surface area contributed by atoms with Gasteiger partial charge in [-0.2, -0.15) is 0 Å². The lowest BCUT2D eigenvalue weighted by Crippen LogP contribution is -1.92. The van der Waals surface area contributed by atoms with Crippen molar-refractivity contribution in [2.75, 3.05) is 0 Å². The summed E-state index contributed by atoms with van der Waals surface area (Å²) >= 11 is 0. The molecule has 0 fully saturated rings. The first kappa shape index (κ1) is 80.4. The van der Waals surface area contributed by atoms with Gasteiger partial charge in [-0.25, -0.2) is 0 Å². The summed E-state index contributed by atoms with van der Waals surface area (Å²) in [6.07, 6.45) is 0. The summed E-state index contributed by atoms with van der Waals surface area (Å²) in [4.78, 5) is 0. The highest BCUT2D eigenvalue weighted by atomic mass is 16.3. The van der Waals surface area contributed by atoms with Crippen molar-refractivity contribution in [2.45, 2.75) is 0 Å². The SMILES string of the molecule is c1ccc(-c2c3ccccc3c(-c3cccc4cc(-c5ccc6oc7ccccc7c6c5)ccc34)c3ccccc23)cc1.c1ccc(-c2ccc(-c3c4ccccc4c(-c4cccc5cc(-c6ccc7oc8ccccc8c7c6)ccc45)c4ccccc34)cc2)cc1.c1ccc2cc(-c3c4ccccc4c(-c4cccc5cc(-c6ccc7oc8ccccc8c7c6)ccc45)c4ccccc34)ccc2c1. The van der Waals surface area contributed by atoms with E-state index < -0.39 is 0 Å². The van der Waals surface area contributed by atoms with Crippen molar-refractivity contribution in [3.8, 4) is 111 Å². The maximum atomic E-state index is 6.11. The van der Waals surface area contributed by atoms with E-state index in [2.05, 4.69) is 473 Å². The summed E-state index contributed by atoms with van der Waals surface area (Å²) in [6, 6.07) is 184. The predicted molar refractivity (Wildman–Crippen MR) is 591 cm³/mol. The quantitative estimate of drug-likeness (QED) is 0.128. The molecule has 26 aromatic carbocycles. The van der Waals surface area contributed by atoms with Crippen LogP contribution in [0.15, 0.2) is 523 Å². The molecule has 3 aromatic heterocycles. The van der Waals surface area contributed by atoms with Crippen molar-refractivity contribution in [2.24, 2.45) is 0 Å². The lowest BCUT2D eigenvalue weighted by Gasteiger charge is -2.19. The largest absolute Gasteiger partial charge is 0.456 e. The second-order valence-corrected chi connectivity index (χ2v) is 36.5. The standard InChI is InChI=1S/C48H30O.C46H28O.C42H26O/c1-2-11-31(12-3-1)32-21-23-33(24-22-32)47-40-15-4-6-17-42(40)48(43-18-7-5-16-41(43)47)39-19-10-13-36-29-34(25-27-37(36)39)35-26-28-46-44(30-35)38-14-8-9-20-45(38)49-46;1-2-11-30-27-34(21-20-29(30)10-1)45-38-14-3-5-16-40(38)46(41-17-6-4-15-39(41)45)37-18-9-12-33-26-31(22-24-35(33)37)32-23-25-44-42(28-32)36-13-7-8-19-43(36)47-44;1-2-11-27(12-3-1)41-34-15-4-6-17-36(34)42(37-18-7-5-16-35(37)41)33-19-10-13-30-25-28(21-23-31(30)33)29-22-24-40-38(26-29)32-14-8-9-20-39(32)43-40/h1-30H;1-28H;1-26H. The van der Waals surface area contributed by atoms with Crippen LogP contribution in [-0.4, -0.2) is 0 Å². The molecule has 0 bridgehead atoms. The molecule has 0 saturated carbocycles. The van der Waals surface area contributed by atoms with Gasteiger partial charge in [-0.1, -0.05) is 431 Å². The van der Waals surface area contributed by atoms with Crippen molar-refractivity contribution in [1.82, 2.24) is 0 Å². The molecule has 0 N–H and O–H groups in total. The molecule has 0 spiro atoms. The highest BCUT2D eigenvalue weighted by Crippen LogP contribution is 2.52. The van der Waals surface area contributed by atoms with Gasteiger partial charge in [0.05, 0.1) is 0 Å². The minimum absolute atomic E-state index is 0.919. The maximum Gasteiger partial charge on any atom is 0.135 e. The van der Waals surface area contributed by atoms with Gasteiger partial charge in [-0.05, 0) is 298 Å². The monoisotopic (exact) mass is 1760 g/mol. The molecule has 0 aliphatic heterocycles. The molecular formula is C136H84O3. The number of fused-ring (bicyclic) bond motifs is 19. The number of furan rings is 3. The molecule has 646 valence electrons. The lowest BCUT2D eigenvalue weighted by molar-refractivity contribution is 0.668. The van der Waals surface area contributed by atoms with Gasteiger partial charge in [-0.15, -0.1) is 0 Å². The minimum Gasteiger partial charge on any atom is -0.456 e. The molecule has 0 saturated heterocycles. The average molecular weight is 1770 g/mol. The van der Waals surface area contributed by atoms with Crippen LogP contribution >= 0.6 is 0 Å². The van der Waals surface area contributed by atoms with Crippen molar-refractivity contribution in [3.05, 3.63) is 510 Å². The molecule has 0 atom stereocenters. The molecule has 3 heteroatoms. The zero-order chi connectivity index (χ0) is 91.5. The van der Waals surface area contributed by atoms with Gasteiger partial charge < -0.3 is 13.3 Å². The average Bonchev–Trinajstić information content (AvgIpc) is 1.41. The van der Waals surface area contributed by atoms with Crippen LogP contribution in [0.4, 0.5) is 0 Å². The third-order valence-electron chi connectivity index (χ3n) is 28.8. The first-order valence-electron chi connectivity index (χ1n) is 47.8. The van der Waals surface area contributed by atoms with Crippen molar-refractivity contribution >= 4 is 174 Å². The molecular weight excluding hydrogens is 1680 g/mol. The van der Waals surface area contributed by atoms with Gasteiger partial charge >= 0.3 is 0 Å². The molecule has 3 heterocycles. The van der Waals surface area contributed by atoms with Crippen LogP contribution in [0, 0.1) is 0 Å². The first-order chi connectivity index (χ1) is 68.9. The Labute approximate surface area is 801 Å². The normalized spacial score (nSPS) is 11.7. The van der Waals surface area contributed by atoms with Crippen LogP contribution in [0.1, 0.15) is 0 Å². The summed E-state index contributed by atoms with van der Waals surface area (Å²) in [5, 5.41) is 32.1. The van der Waals surface area contributed by atoms with Crippen molar-refractivity contribution < 1.29 is 13.3 Å². The summed E-state index contributed by atoms with van der Waals surface area (Å²) in [6.45, 7) is 0. The van der Waals surface area contributed by atoms with Crippen LogP contribution in [0.25, 0.3) is 285 Å². The van der Waals surface area contributed by atoms with Crippen molar-refractivity contribution in [3.63, 3.8) is 0 Å². The molecule has 3 nitrogen and oxygen atoms in total. The van der Waals surface area contributed by atoms with Gasteiger partial charge in [0.25, 0.3) is 0 Å². The fourth-order valence-electron chi connectivity index (χ4n) is 22.4. The third-order valence-corrected chi connectivity index (χ3v) is 28.8. The third kappa shape index (κ3) is 13.8. The molecule has 29 aromatic rings. The van der Waals surface area contributed by atoms with E-state index >= 15 is 0 Å². The van der Waals surface area contributed by atoms with Gasteiger partial charge in [0, 0.05) is 32.3 Å². The van der Waals surface area contributed by atoms with E-state index in [-0.39, 0.29) is 0 Å². The first-order valence-corrected chi connectivity index (χ1v) is 47.8. The van der Waals surface area contributed by atoms with Crippen LogP contribution in [0.3, 0.4) is 0 Å². The Hall–Kier alpha value is -18.3. The van der Waals surface area contributed by atoms with E-state index in [1.165, 1.54) is 219 Å². The fraction of sp³-hybridized carbons (Fsp3) is 0. The Morgan fingerprint density at radius 2 is 0.309 bits per heavy atom. The molecule has 0 aliphatic rings. The summed E-state index contributed by atoms with van der Waals surface area (Å²) in [7, 11) is 0. The number of hydrogen-bond acceptors (Lipinski definition) is 3. The second kappa shape index (κ2) is 33.4. The Morgan fingerprint density at radius 1 is 0.0935 bits per heavy atom. The van der Waals surface area contributed by atoms with Gasteiger partial charge in [0.15, 0.2) is 0 Å². The summed E-state index contributed by atoms with van der Waals surface area (Å²) < 4.78 is 18.3. The molecule has 0 amide bonds. The van der Waals surface area contributed by atoms with E-state index in [1.54, 1.807) is 0 Å². The Morgan fingerprint density at radius 3 is 0.655 bits per heavy atom. The number of para-hydroxylation sites is 3. The highest BCUT2D eigenvalue weighted by Gasteiger charge is 2.25. The zero-order valence-corrected chi connectivity index (χ0v) is 75.7. The number of benzene rings is 26. The number of rotatable bonds is 10. The Bertz CT molecular complexity index is 9860. The second-order valence-electron chi connectivity index (χ2n) is 36.5. The van der Waals surface area contributed by atoms with E-state index in [1.807, 2.05) is 36.4 Å². The molecule has 0 radical (unpaired) electrons. The highest BCUT2D eigenvalue weighted by molar-refractivity contribution is 6.28. The molecule has 139 heavy (non-hydrogen) atoms. The zero-order valence-electron chi connectivity index (χ0n) is 75.7. The summed E-state index contributed by atoms with van der Waals surface area (Å²) in [5.74, 6) is 0. The molecule has 0 unspecified atom stereocenters. The fourth-order valence-corrected chi connectivity index (χ4v) is 22.4. The van der Waals surface area contributed by atoms with Crippen LogP contribution in [0.5, 0.6) is 0 Å². The molecule has 0 aliphatic carbocycles. The van der Waals surface area contributed by atoms with Crippen LogP contribution < -0.4 is 0 Å². The van der Waals surface area contributed by atoms with E-state index in [9.17, 15) is 0 Å². The van der Waals surface area contributed by atoms with E-state index in [4.69, 9.17) is 13.3 Å².